The lowest BCUT2D eigenvalue weighted by molar-refractivity contribution is -0.113. The maximum Gasteiger partial charge on any atom is 0.335 e. The van der Waals surface area contributed by atoms with Gasteiger partial charge in [-0.25, -0.2) is 4.79 Å². The molecule has 0 aliphatic carbocycles. The van der Waals surface area contributed by atoms with E-state index in [1.165, 1.54) is 45.7 Å². The summed E-state index contributed by atoms with van der Waals surface area (Å²) in [5, 5.41) is 9.05. The van der Waals surface area contributed by atoms with E-state index in [4.69, 9.17) is 17.3 Å². The first-order valence-corrected chi connectivity index (χ1v) is 11.3. The van der Waals surface area contributed by atoms with Crippen molar-refractivity contribution in [2.24, 2.45) is 0 Å². The summed E-state index contributed by atoms with van der Waals surface area (Å²) in [6.45, 7) is 4.41. The molecular weight excluding hydrogens is 440 g/mol. The molecular formula is C25H22N2O3S2. The molecule has 7 heteroatoms. The fourth-order valence-corrected chi connectivity index (χ4v) is 5.30. The number of fused-ring (bicyclic) bond motifs is 1. The van der Waals surface area contributed by atoms with Crippen molar-refractivity contribution in [1.82, 2.24) is 0 Å². The minimum Gasteiger partial charge on any atom is -0.478 e. The zero-order valence-electron chi connectivity index (χ0n) is 17.9. The van der Waals surface area contributed by atoms with Crippen molar-refractivity contribution >= 4 is 51.6 Å². The van der Waals surface area contributed by atoms with Crippen LogP contribution in [0.4, 0.5) is 11.4 Å². The molecule has 0 atom stereocenters. The minimum atomic E-state index is -1.01. The van der Waals surface area contributed by atoms with E-state index >= 15 is 0 Å². The standard InChI is InChI=1S/C25H22N2O3S2/c1-25(2)18-8-4-5-9-19(18)26(3)21(25)11-7-6-10-20-22(28)27(24(31)32-20)17-14-12-16(13-15-17)23(29)30/h4-15H,1-3H3,(H,29,30)/b7-6+,20-10+,21-11+. The normalized spacial score (nSPS) is 20.1. The molecule has 2 aromatic carbocycles. The van der Waals surface area contributed by atoms with Gasteiger partial charge in [0.2, 0.25) is 0 Å². The first-order chi connectivity index (χ1) is 15.2. The molecule has 2 heterocycles. The molecule has 4 rings (SSSR count). The van der Waals surface area contributed by atoms with Gasteiger partial charge < -0.3 is 10.0 Å². The Labute approximate surface area is 196 Å². The van der Waals surface area contributed by atoms with E-state index in [0.29, 0.717) is 14.9 Å². The van der Waals surface area contributed by atoms with Crippen LogP contribution in [0.25, 0.3) is 0 Å². The van der Waals surface area contributed by atoms with Crippen molar-refractivity contribution in [2.75, 3.05) is 16.8 Å². The summed E-state index contributed by atoms with van der Waals surface area (Å²) < 4.78 is 0.420. The summed E-state index contributed by atoms with van der Waals surface area (Å²) in [4.78, 5) is 28.1. The second-order valence-corrected chi connectivity index (χ2v) is 9.71. The van der Waals surface area contributed by atoms with Crippen LogP contribution in [0.3, 0.4) is 0 Å². The fourth-order valence-electron chi connectivity index (χ4n) is 4.05. The summed E-state index contributed by atoms with van der Waals surface area (Å²) >= 11 is 6.61. The summed E-state index contributed by atoms with van der Waals surface area (Å²) in [7, 11) is 2.06. The molecule has 2 aliphatic heterocycles. The zero-order chi connectivity index (χ0) is 23.0. The van der Waals surface area contributed by atoms with Gasteiger partial charge in [-0.05, 0) is 48.0 Å². The summed E-state index contributed by atoms with van der Waals surface area (Å²) in [5.41, 5.74) is 4.27. The first kappa shape index (κ1) is 22.0. The molecule has 1 amide bonds. The molecule has 0 bridgehead atoms. The smallest absolute Gasteiger partial charge is 0.335 e. The monoisotopic (exact) mass is 462 g/mol. The van der Waals surface area contributed by atoms with E-state index < -0.39 is 5.97 Å². The van der Waals surface area contributed by atoms with E-state index in [-0.39, 0.29) is 16.9 Å². The molecule has 5 nitrogen and oxygen atoms in total. The van der Waals surface area contributed by atoms with Crippen LogP contribution in [0.1, 0.15) is 29.8 Å². The van der Waals surface area contributed by atoms with Gasteiger partial charge in [0.1, 0.15) is 0 Å². The second-order valence-electron chi connectivity index (χ2n) is 8.03. The number of carbonyl (C=O) groups is 2. The largest absolute Gasteiger partial charge is 0.478 e. The van der Waals surface area contributed by atoms with E-state index in [2.05, 4.69) is 50.1 Å². The predicted octanol–water partition coefficient (Wildman–Crippen LogP) is 5.50. The van der Waals surface area contributed by atoms with Gasteiger partial charge in [0, 0.05) is 23.8 Å². The maximum absolute atomic E-state index is 12.9. The number of hydrogen-bond donors (Lipinski definition) is 1. The van der Waals surface area contributed by atoms with Crippen molar-refractivity contribution in [3.63, 3.8) is 0 Å². The molecule has 2 aromatic rings. The molecule has 0 radical (unpaired) electrons. The number of carboxylic acid groups (broad SMARTS) is 1. The van der Waals surface area contributed by atoms with E-state index in [1.807, 2.05) is 18.2 Å². The van der Waals surface area contributed by atoms with Crippen LogP contribution >= 0.6 is 24.0 Å². The number of hydrogen-bond acceptors (Lipinski definition) is 5. The molecule has 162 valence electrons. The number of thiocarbonyl (C=S) groups is 1. The number of amides is 1. The third-order valence-electron chi connectivity index (χ3n) is 5.72. The SMILES string of the molecule is CN1/C(=C/C=C/C=C2/SC(=S)N(c3ccc(C(=O)O)cc3)C2=O)C(C)(C)c2ccccc21. The Bertz CT molecular complexity index is 1210. The molecule has 1 N–H and O–H groups in total. The van der Waals surface area contributed by atoms with Crippen LogP contribution < -0.4 is 9.80 Å². The quantitative estimate of drug-likeness (QED) is 0.478. The molecule has 32 heavy (non-hydrogen) atoms. The number of carboxylic acids is 1. The number of anilines is 2. The summed E-state index contributed by atoms with van der Waals surface area (Å²) in [5.74, 6) is -1.23. The Kier molecular flexibility index (Phi) is 5.79. The van der Waals surface area contributed by atoms with Crippen LogP contribution in [0.15, 0.2) is 83.4 Å². The van der Waals surface area contributed by atoms with Crippen LogP contribution in [0.2, 0.25) is 0 Å². The van der Waals surface area contributed by atoms with Crippen molar-refractivity contribution in [3.8, 4) is 0 Å². The Morgan fingerprint density at radius 2 is 1.72 bits per heavy atom. The van der Waals surface area contributed by atoms with Crippen molar-refractivity contribution in [1.29, 1.82) is 0 Å². The van der Waals surface area contributed by atoms with Gasteiger partial charge in [0.25, 0.3) is 5.91 Å². The van der Waals surface area contributed by atoms with E-state index in [0.717, 1.165) is 0 Å². The number of carbonyl (C=O) groups excluding carboxylic acids is 1. The van der Waals surface area contributed by atoms with Gasteiger partial charge in [-0.15, -0.1) is 0 Å². The van der Waals surface area contributed by atoms with Crippen molar-refractivity contribution in [2.45, 2.75) is 19.3 Å². The highest BCUT2D eigenvalue weighted by molar-refractivity contribution is 8.27. The predicted molar refractivity (Wildman–Crippen MR) is 134 cm³/mol. The van der Waals surface area contributed by atoms with E-state index in [9.17, 15) is 9.59 Å². The van der Waals surface area contributed by atoms with E-state index in [1.54, 1.807) is 18.2 Å². The van der Waals surface area contributed by atoms with Crippen LogP contribution in [0.5, 0.6) is 0 Å². The second kappa shape index (κ2) is 8.41. The van der Waals surface area contributed by atoms with Gasteiger partial charge in [0.15, 0.2) is 4.32 Å². The number of benzene rings is 2. The molecule has 1 saturated heterocycles. The number of aromatic carboxylic acids is 1. The average molecular weight is 463 g/mol. The molecule has 0 saturated carbocycles. The number of allylic oxidation sites excluding steroid dienone is 5. The third-order valence-corrected chi connectivity index (χ3v) is 7.04. The van der Waals surface area contributed by atoms with Gasteiger partial charge >= 0.3 is 5.97 Å². The Morgan fingerprint density at radius 1 is 1.06 bits per heavy atom. The van der Waals surface area contributed by atoms with Gasteiger partial charge in [-0.1, -0.05) is 68.2 Å². The topological polar surface area (TPSA) is 60.9 Å². The molecule has 2 aliphatic rings. The number of nitrogens with zero attached hydrogens (tertiary/aromatic N) is 2. The molecule has 1 fully saturated rings. The zero-order valence-corrected chi connectivity index (χ0v) is 19.5. The number of thioether (sulfide) groups is 1. The van der Waals surface area contributed by atoms with Crippen molar-refractivity contribution in [3.05, 3.63) is 94.6 Å². The van der Waals surface area contributed by atoms with Crippen molar-refractivity contribution < 1.29 is 14.7 Å². The molecule has 0 aromatic heterocycles. The lowest BCUT2D eigenvalue weighted by Gasteiger charge is -2.23. The van der Waals surface area contributed by atoms with Gasteiger partial charge in [-0.3, -0.25) is 9.69 Å². The average Bonchev–Trinajstić information content (AvgIpc) is 3.15. The minimum absolute atomic E-state index is 0.110. The Hall–Kier alpha value is -3.16. The lowest BCUT2D eigenvalue weighted by Crippen LogP contribution is -2.27. The van der Waals surface area contributed by atoms with Gasteiger partial charge in [-0.2, -0.15) is 0 Å². The maximum atomic E-state index is 12.9. The highest BCUT2D eigenvalue weighted by Crippen LogP contribution is 2.46. The number of para-hydroxylation sites is 1. The Morgan fingerprint density at radius 3 is 2.38 bits per heavy atom. The number of likely N-dealkylation sites (N-methyl/N-ethyl adjacent to an activating group) is 1. The van der Waals surface area contributed by atoms with Crippen LogP contribution in [0, 0.1) is 0 Å². The highest BCUT2D eigenvalue weighted by atomic mass is 32.2. The molecule has 0 spiro atoms. The van der Waals surface area contributed by atoms with Gasteiger partial charge in [0.05, 0.1) is 16.2 Å². The lowest BCUT2D eigenvalue weighted by atomic mass is 9.84. The summed E-state index contributed by atoms with van der Waals surface area (Å²) in [6, 6.07) is 14.5. The van der Waals surface area contributed by atoms with Crippen LogP contribution in [-0.4, -0.2) is 28.4 Å². The fraction of sp³-hybridized carbons (Fsp3) is 0.160. The third kappa shape index (κ3) is 3.78. The summed E-state index contributed by atoms with van der Waals surface area (Å²) in [6.07, 6.45) is 7.62. The number of rotatable bonds is 4. The van der Waals surface area contributed by atoms with Crippen LogP contribution in [-0.2, 0) is 10.2 Å². The first-order valence-electron chi connectivity index (χ1n) is 10.0. The molecule has 0 unspecified atom stereocenters. The highest BCUT2D eigenvalue weighted by Gasteiger charge is 2.37. The Balaban J connectivity index is 1.52.